The zero-order valence-electron chi connectivity index (χ0n) is 13.6. The molecule has 24 heavy (non-hydrogen) atoms. The molecule has 2 amide bonds. The second-order valence-corrected chi connectivity index (χ2v) is 6.05. The molecule has 2 fully saturated rings. The SMILES string of the molecule is NC(=O)[C@@H]1CN(C(=O)Cc2cccc(N3CCOCC3)c2)CCO1. The van der Waals surface area contributed by atoms with Crippen molar-refractivity contribution in [2.24, 2.45) is 5.73 Å². The van der Waals surface area contributed by atoms with E-state index in [0.29, 0.717) is 19.6 Å². The van der Waals surface area contributed by atoms with E-state index in [2.05, 4.69) is 17.0 Å². The molecule has 0 aromatic heterocycles. The van der Waals surface area contributed by atoms with Crippen molar-refractivity contribution >= 4 is 17.5 Å². The lowest BCUT2D eigenvalue weighted by Gasteiger charge is -2.31. The number of amides is 2. The minimum Gasteiger partial charge on any atom is -0.378 e. The summed E-state index contributed by atoms with van der Waals surface area (Å²) in [5, 5.41) is 0. The van der Waals surface area contributed by atoms with Crippen LogP contribution < -0.4 is 10.6 Å². The Morgan fingerprint density at radius 1 is 1.17 bits per heavy atom. The highest BCUT2D eigenvalue weighted by atomic mass is 16.5. The first-order valence-corrected chi connectivity index (χ1v) is 8.24. The molecule has 2 N–H and O–H groups in total. The Morgan fingerprint density at radius 2 is 1.96 bits per heavy atom. The average Bonchev–Trinajstić information content (AvgIpc) is 2.63. The lowest BCUT2D eigenvalue weighted by Crippen LogP contribution is -2.50. The highest BCUT2D eigenvalue weighted by molar-refractivity contribution is 5.82. The first kappa shape index (κ1) is 16.7. The summed E-state index contributed by atoms with van der Waals surface area (Å²) in [6.07, 6.45) is -0.397. The summed E-state index contributed by atoms with van der Waals surface area (Å²) < 4.78 is 10.7. The normalized spacial score (nSPS) is 21.6. The van der Waals surface area contributed by atoms with Crippen LogP contribution in [0.5, 0.6) is 0 Å². The molecule has 2 saturated heterocycles. The van der Waals surface area contributed by atoms with Gasteiger partial charge in [0.15, 0.2) is 6.10 Å². The number of rotatable bonds is 4. The van der Waals surface area contributed by atoms with Crippen molar-refractivity contribution < 1.29 is 19.1 Å². The van der Waals surface area contributed by atoms with E-state index < -0.39 is 12.0 Å². The van der Waals surface area contributed by atoms with Gasteiger partial charge in [-0.3, -0.25) is 9.59 Å². The van der Waals surface area contributed by atoms with Crippen molar-refractivity contribution in [3.8, 4) is 0 Å². The van der Waals surface area contributed by atoms with Crippen LogP contribution in [0.25, 0.3) is 0 Å². The van der Waals surface area contributed by atoms with Gasteiger partial charge < -0.3 is 25.0 Å². The zero-order valence-corrected chi connectivity index (χ0v) is 13.6. The molecule has 7 nitrogen and oxygen atoms in total. The van der Waals surface area contributed by atoms with Crippen molar-refractivity contribution in [2.75, 3.05) is 50.9 Å². The van der Waals surface area contributed by atoms with E-state index in [9.17, 15) is 9.59 Å². The lowest BCUT2D eigenvalue weighted by molar-refractivity contribution is -0.145. The molecule has 0 bridgehead atoms. The maximum absolute atomic E-state index is 12.5. The summed E-state index contributed by atoms with van der Waals surface area (Å²) in [4.78, 5) is 27.7. The maximum Gasteiger partial charge on any atom is 0.248 e. The molecule has 130 valence electrons. The number of hydrogen-bond donors (Lipinski definition) is 1. The summed E-state index contributed by atoms with van der Waals surface area (Å²) in [6, 6.07) is 8.03. The Labute approximate surface area is 141 Å². The van der Waals surface area contributed by atoms with Crippen molar-refractivity contribution in [1.29, 1.82) is 0 Å². The van der Waals surface area contributed by atoms with Crippen LogP contribution in [0, 0.1) is 0 Å². The Balaban J connectivity index is 1.62. The van der Waals surface area contributed by atoms with Gasteiger partial charge in [0.25, 0.3) is 0 Å². The number of primary amides is 1. The molecule has 0 saturated carbocycles. The fourth-order valence-electron chi connectivity index (χ4n) is 3.02. The quantitative estimate of drug-likeness (QED) is 0.823. The first-order chi connectivity index (χ1) is 11.6. The molecule has 3 rings (SSSR count). The van der Waals surface area contributed by atoms with Crippen LogP contribution in [-0.4, -0.2) is 68.8 Å². The number of anilines is 1. The summed E-state index contributed by atoms with van der Waals surface area (Å²) in [5.74, 6) is -0.537. The molecular formula is C17H23N3O4. The van der Waals surface area contributed by atoms with Crippen molar-refractivity contribution in [1.82, 2.24) is 4.90 Å². The summed E-state index contributed by atoms with van der Waals surface area (Å²) in [6.45, 7) is 4.25. The maximum atomic E-state index is 12.5. The zero-order chi connectivity index (χ0) is 16.9. The molecule has 2 aliphatic heterocycles. The molecule has 0 unspecified atom stereocenters. The highest BCUT2D eigenvalue weighted by Crippen LogP contribution is 2.18. The van der Waals surface area contributed by atoms with Crippen molar-refractivity contribution in [3.05, 3.63) is 29.8 Å². The molecule has 7 heteroatoms. The van der Waals surface area contributed by atoms with E-state index in [-0.39, 0.29) is 12.5 Å². The second-order valence-electron chi connectivity index (χ2n) is 6.05. The first-order valence-electron chi connectivity index (χ1n) is 8.24. The van der Waals surface area contributed by atoms with Gasteiger partial charge in [-0.15, -0.1) is 0 Å². The van der Waals surface area contributed by atoms with E-state index in [1.807, 2.05) is 12.1 Å². The van der Waals surface area contributed by atoms with Gasteiger partial charge in [0.2, 0.25) is 11.8 Å². The van der Waals surface area contributed by atoms with E-state index >= 15 is 0 Å². The van der Waals surface area contributed by atoms with E-state index in [4.69, 9.17) is 15.2 Å². The van der Waals surface area contributed by atoms with Gasteiger partial charge in [0.1, 0.15) is 0 Å². The standard InChI is InChI=1S/C17H23N3O4/c18-17(22)15-12-20(6-9-24-15)16(21)11-13-2-1-3-14(10-13)19-4-7-23-8-5-19/h1-3,10,15H,4-9,11-12H2,(H2,18,22)/t15-/m0/s1. The van der Waals surface area contributed by atoms with Gasteiger partial charge in [0, 0.05) is 25.3 Å². The van der Waals surface area contributed by atoms with Gasteiger partial charge in [0.05, 0.1) is 32.8 Å². The average molecular weight is 333 g/mol. The minimum absolute atomic E-state index is 0.0105. The number of carbonyl (C=O) groups excluding carboxylic acids is 2. The van der Waals surface area contributed by atoms with Crippen molar-refractivity contribution in [2.45, 2.75) is 12.5 Å². The molecule has 0 aliphatic carbocycles. The van der Waals surface area contributed by atoms with Gasteiger partial charge in [-0.25, -0.2) is 0 Å². The lowest BCUT2D eigenvalue weighted by atomic mass is 10.1. The third-order valence-electron chi connectivity index (χ3n) is 4.38. The Kier molecular flexibility index (Phi) is 5.32. The Morgan fingerprint density at radius 3 is 2.71 bits per heavy atom. The fraction of sp³-hybridized carbons (Fsp3) is 0.529. The van der Waals surface area contributed by atoms with Gasteiger partial charge in [-0.2, -0.15) is 0 Å². The minimum atomic E-state index is -0.706. The number of benzene rings is 1. The smallest absolute Gasteiger partial charge is 0.248 e. The monoisotopic (exact) mass is 333 g/mol. The second kappa shape index (κ2) is 7.63. The van der Waals surface area contributed by atoms with E-state index in [1.165, 1.54) is 0 Å². The molecule has 1 aromatic carbocycles. The van der Waals surface area contributed by atoms with Crippen LogP contribution in [0.2, 0.25) is 0 Å². The van der Waals surface area contributed by atoms with E-state index in [0.717, 1.165) is 37.6 Å². The Hall–Kier alpha value is -2.12. The molecule has 0 spiro atoms. The third kappa shape index (κ3) is 4.04. The van der Waals surface area contributed by atoms with E-state index in [1.54, 1.807) is 4.90 Å². The van der Waals surface area contributed by atoms with Crippen LogP contribution in [0.15, 0.2) is 24.3 Å². The number of carbonyl (C=O) groups is 2. The molecule has 2 aliphatic rings. The summed E-state index contributed by atoms with van der Waals surface area (Å²) in [5.41, 5.74) is 7.34. The van der Waals surface area contributed by atoms with Gasteiger partial charge in [-0.1, -0.05) is 12.1 Å². The van der Waals surface area contributed by atoms with Crippen LogP contribution in [0.3, 0.4) is 0 Å². The van der Waals surface area contributed by atoms with Crippen LogP contribution in [0.4, 0.5) is 5.69 Å². The molecule has 0 radical (unpaired) electrons. The predicted molar refractivity (Wildman–Crippen MR) is 88.7 cm³/mol. The van der Waals surface area contributed by atoms with Gasteiger partial charge >= 0.3 is 0 Å². The van der Waals surface area contributed by atoms with Gasteiger partial charge in [-0.05, 0) is 17.7 Å². The number of hydrogen-bond acceptors (Lipinski definition) is 5. The number of nitrogens with zero attached hydrogens (tertiary/aromatic N) is 2. The molecule has 2 heterocycles. The number of morpholine rings is 2. The summed E-state index contributed by atoms with van der Waals surface area (Å²) in [7, 11) is 0. The topological polar surface area (TPSA) is 85.1 Å². The molecular weight excluding hydrogens is 310 g/mol. The highest BCUT2D eigenvalue weighted by Gasteiger charge is 2.27. The van der Waals surface area contributed by atoms with Crippen LogP contribution in [0.1, 0.15) is 5.56 Å². The number of ether oxygens (including phenoxy) is 2. The van der Waals surface area contributed by atoms with Crippen LogP contribution >= 0.6 is 0 Å². The molecule has 1 aromatic rings. The third-order valence-corrected chi connectivity index (χ3v) is 4.38. The van der Waals surface area contributed by atoms with Crippen molar-refractivity contribution in [3.63, 3.8) is 0 Å². The predicted octanol–water partition coefficient (Wildman–Crippen LogP) is -0.222. The van der Waals surface area contributed by atoms with Crippen LogP contribution in [-0.2, 0) is 25.5 Å². The Bertz CT molecular complexity index is 601. The summed E-state index contributed by atoms with van der Waals surface area (Å²) >= 11 is 0. The number of nitrogens with two attached hydrogens (primary N) is 1. The fourth-order valence-corrected chi connectivity index (χ4v) is 3.02. The molecule has 1 atom stereocenters. The largest absolute Gasteiger partial charge is 0.378 e.